The van der Waals surface area contributed by atoms with Crippen molar-refractivity contribution >= 4 is 15.8 Å². The van der Waals surface area contributed by atoms with Crippen molar-refractivity contribution in [1.29, 1.82) is 5.26 Å². The Morgan fingerprint density at radius 2 is 1.88 bits per heavy atom. The zero-order valence-corrected chi connectivity index (χ0v) is 15.7. The van der Waals surface area contributed by atoms with E-state index in [1.54, 1.807) is 42.5 Å². The summed E-state index contributed by atoms with van der Waals surface area (Å²) in [6.07, 6.45) is 0. The first-order valence-electron chi connectivity index (χ1n) is 7.88. The molecule has 6 nitrogen and oxygen atoms in total. The summed E-state index contributed by atoms with van der Waals surface area (Å²) in [4.78, 5) is 11.6. The van der Waals surface area contributed by atoms with Crippen molar-refractivity contribution in [2.75, 3.05) is 14.2 Å². The number of rotatable bonds is 7. The summed E-state index contributed by atoms with van der Waals surface area (Å²) in [5.41, 5.74) is 1.87. The molecule has 0 heterocycles. The van der Waals surface area contributed by atoms with E-state index in [1.807, 2.05) is 6.07 Å². The molecule has 0 fully saturated rings. The molecular formula is C19H20N2O4S. The predicted octanol–water partition coefficient (Wildman–Crippen LogP) is 2.73. The summed E-state index contributed by atoms with van der Waals surface area (Å²) in [7, 11) is -0.708. The molecule has 0 aliphatic carbocycles. The van der Waals surface area contributed by atoms with E-state index in [4.69, 9.17) is 10.00 Å². The molecule has 0 aliphatic rings. The lowest BCUT2D eigenvalue weighted by atomic mass is 10.1. The van der Waals surface area contributed by atoms with Gasteiger partial charge in [-0.15, -0.1) is 0 Å². The van der Waals surface area contributed by atoms with Gasteiger partial charge in [0.2, 0.25) is 10.0 Å². The molecule has 7 heteroatoms. The molecule has 2 aromatic carbocycles. The number of hydrogen-bond donors (Lipinski definition) is 0. The summed E-state index contributed by atoms with van der Waals surface area (Å²) < 4.78 is 31.9. The Morgan fingerprint density at radius 1 is 1.19 bits per heavy atom. The number of ether oxygens (including phenoxy) is 1. The molecule has 0 bridgehead atoms. The number of hydrogen-bond acceptors (Lipinski definition) is 5. The van der Waals surface area contributed by atoms with Gasteiger partial charge in [-0.3, -0.25) is 4.79 Å². The number of carbonyl (C=O) groups excluding carboxylic acids is 1. The molecule has 0 radical (unpaired) electrons. The minimum Gasteiger partial charge on any atom is -0.496 e. The van der Waals surface area contributed by atoms with Gasteiger partial charge >= 0.3 is 0 Å². The van der Waals surface area contributed by atoms with Gasteiger partial charge in [-0.25, -0.2) is 12.7 Å². The molecule has 2 aromatic rings. The maximum Gasteiger partial charge on any atom is 0.218 e. The Bertz CT molecular complexity index is 962. The number of Topliss-reactive ketones (excluding diaryl/α,β-unsaturated/α-hetero) is 1. The smallest absolute Gasteiger partial charge is 0.218 e. The highest BCUT2D eigenvalue weighted by Crippen LogP contribution is 2.23. The fourth-order valence-corrected chi connectivity index (χ4v) is 3.72. The van der Waals surface area contributed by atoms with Crippen molar-refractivity contribution in [1.82, 2.24) is 4.31 Å². The van der Waals surface area contributed by atoms with Crippen LogP contribution in [-0.2, 0) is 22.3 Å². The number of nitriles is 1. The molecule has 0 spiro atoms. The van der Waals surface area contributed by atoms with Gasteiger partial charge in [-0.2, -0.15) is 5.26 Å². The second-order valence-electron chi connectivity index (χ2n) is 5.86. The largest absolute Gasteiger partial charge is 0.496 e. The van der Waals surface area contributed by atoms with E-state index < -0.39 is 10.0 Å². The zero-order chi connectivity index (χ0) is 19.3. The van der Waals surface area contributed by atoms with Gasteiger partial charge in [-0.1, -0.05) is 18.2 Å². The lowest BCUT2D eigenvalue weighted by Gasteiger charge is -2.19. The normalized spacial score (nSPS) is 11.2. The first-order valence-corrected chi connectivity index (χ1v) is 9.49. The van der Waals surface area contributed by atoms with Crippen LogP contribution in [0.4, 0.5) is 0 Å². The molecule has 0 N–H and O–H groups in total. The number of sulfonamides is 1. The molecular weight excluding hydrogens is 352 g/mol. The maximum atomic E-state index is 12.7. The summed E-state index contributed by atoms with van der Waals surface area (Å²) in [6, 6.07) is 13.5. The SMILES string of the molecule is COc1ccc(C(C)=O)cc1CN(C)S(=O)(=O)Cc1ccccc1C#N. The first kappa shape index (κ1) is 19.6. The predicted molar refractivity (Wildman–Crippen MR) is 98.2 cm³/mol. The van der Waals surface area contributed by atoms with Crippen molar-refractivity contribution in [2.24, 2.45) is 0 Å². The van der Waals surface area contributed by atoms with Crippen molar-refractivity contribution in [3.05, 3.63) is 64.7 Å². The van der Waals surface area contributed by atoms with Gasteiger partial charge in [0.15, 0.2) is 5.78 Å². The van der Waals surface area contributed by atoms with E-state index in [0.717, 1.165) is 0 Å². The monoisotopic (exact) mass is 372 g/mol. The van der Waals surface area contributed by atoms with Gasteiger partial charge in [0, 0.05) is 24.7 Å². The molecule has 2 rings (SSSR count). The van der Waals surface area contributed by atoms with E-state index in [0.29, 0.717) is 28.0 Å². The Morgan fingerprint density at radius 3 is 2.50 bits per heavy atom. The zero-order valence-electron chi connectivity index (χ0n) is 14.9. The van der Waals surface area contributed by atoms with Crippen LogP contribution >= 0.6 is 0 Å². The Labute approximate surface area is 153 Å². The number of ketones is 1. The molecule has 0 unspecified atom stereocenters. The number of methoxy groups -OCH3 is 1. The van der Waals surface area contributed by atoms with E-state index in [-0.39, 0.29) is 18.1 Å². The molecule has 0 aliphatic heterocycles. The van der Waals surface area contributed by atoms with Crippen LogP contribution in [0.3, 0.4) is 0 Å². The standard InChI is InChI=1S/C19H20N2O4S/c1-14(22)15-8-9-19(25-3)18(10-15)12-21(2)26(23,24)13-17-7-5-4-6-16(17)11-20/h4-10H,12-13H2,1-3H3. The lowest BCUT2D eigenvalue weighted by molar-refractivity contribution is 0.101. The van der Waals surface area contributed by atoms with E-state index in [1.165, 1.54) is 25.4 Å². The first-order chi connectivity index (χ1) is 12.3. The molecule has 0 saturated carbocycles. The van der Waals surface area contributed by atoms with Gasteiger partial charge in [0.25, 0.3) is 0 Å². The van der Waals surface area contributed by atoms with Crippen molar-refractivity contribution in [3.8, 4) is 11.8 Å². The van der Waals surface area contributed by atoms with E-state index in [9.17, 15) is 13.2 Å². The van der Waals surface area contributed by atoms with Gasteiger partial charge in [0.05, 0.1) is 24.5 Å². The van der Waals surface area contributed by atoms with Crippen molar-refractivity contribution < 1.29 is 17.9 Å². The third kappa shape index (κ3) is 4.48. The van der Waals surface area contributed by atoms with E-state index >= 15 is 0 Å². The summed E-state index contributed by atoms with van der Waals surface area (Å²) >= 11 is 0. The fourth-order valence-electron chi connectivity index (χ4n) is 2.52. The van der Waals surface area contributed by atoms with Crippen LogP contribution in [0.15, 0.2) is 42.5 Å². The van der Waals surface area contributed by atoms with Gasteiger partial charge in [0.1, 0.15) is 5.75 Å². The van der Waals surface area contributed by atoms with Crippen LogP contribution in [0.25, 0.3) is 0 Å². The number of carbonyl (C=O) groups is 1. The minimum atomic E-state index is -3.66. The van der Waals surface area contributed by atoms with Crippen LogP contribution in [0, 0.1) is 11.3 Å². The highest BCUT2D eigenvalue weighted by molar-refractivity contribution is 7.88. The molecule has 0 atom stereocenters. The second-order valence-corrected chi connectivity index (χ2v) is 7.94. The van der Waals surface area contributed by atoms with Crippen LogP contribution in [0.2, 0.25) is 0 Å². The minimum absolute atomic E-state index is 0.0569. The van der Waals surface area contributed by atoms with Crippen LogP contribution in [0.5, 0.6) is 5.75 Å². The summed E-state index contributed by atoms with van der Waals surface area (Å²) in [5, 5.41) is 9.13. The quantitative estimate of drug-likeness (QED) is 0.698. The Kier molecular flexibility index (Phi) is 6.14. The van der Waals surface area contributed by atoms with Gasteiger partial charge in [-0.05, 0) is 36.8 Å². The fraction of sp³-hybridized carbons (Fsp3) is 0.263. The average molecular weight is 372 g/mol. The second kappa shape index (κ2) is 8.13. The third-order valence-electron chi connectivity index (χ3n) is 4.03. The Hall–Kier alpha value is -2.69. The van der Waals surface area contributed by atoms with Crippen LogP contribution in [-0.4, -0.2) is 32.7 Å². The van der Waals surface area contributed by atoms with Crippen molar-refractivity contribution in [3.63, 3.8) is 0 Å². The number of nitrogens with zero attached hydrogens (tertiary/aromatic N) is 2. The van der Waals surface area contributed by atoms with Crippen LogP contribution in [0.1, 0.15) is 34.0 Å². The molecule has 136 valence electrons. The van der Waals surface area contributed by atoms with E-state index in [2.05, 4.69) is 0 Å². The van der Waals surface area contributed by atoms with Crippen LogP contribution < -0.4 is 4.74 Å². The van der Waals surface area contributed by atoms with Crippen molar-refractivity contribution in [2.45, 2.75) is 19.2 Å². The molecule has 0 amide bonds. The maximum absolute atomic E-state index is 12.7. The summed E-state index contributed by atoms with van der Waals surface area (Å²) in [6.45, 7) is 1.51. The molecule has 26 heavy (non-hydrogen) atoms. The average Bonchev–Trinajstić information content (AvgIpc) is 2.61. The highest BCUT2D eigenvalue weighted by atomic mass is 32.2. The third-order valence-corrected chi connectivity index (χ3v) is 5.79. The topological polar surface area (TPSA) is 87.5 Å². The van der Waals surface area contributed by atoms with Gasteiger partial charge < -0.3 is 4.74 Å². The highest BCUT2D eigenvalue weighted by Gasteiger charge is 2.22. The Balaban J connectivity index is 2.28. The number of benzene rings is 2. The summed E-state index contributed by atoms with van der Waals surface area (Å²) in [5.74, 6) is 0.124. The lowest BCUT2D eigenvalue weighted by Crippen LogP contribution is -2.28. The molecule has 0 aromatic heterocycles. The molecule has 0 saturated heterocycles.